The lowest BCUT2D eigenvalue weighted by Crippen LogP contribution is -2.75. The Bertz CT molecular complexity index is 1070. The molecule has 0 aliphatic carbocycles. The number of fused-ring (bicyclic) bond motifs is 1. The van der Waals surface area contributed by atoms with Crippen molar-refractivity contribution in [2.45, 2.75) is 62.0 Å². The lowest BCUT2D eigenvalue weighted by atomic mass is 9.85. The van der Waals surface area contributed by atoms with Crippen molar-refractivity contribution in [2.75, 3.05) is 27.9 Å². The Hall–Kier alpha value is -1.79. The summed E-state index contributed by atoms with van der Waals surface area (Å²) in [5.41, 5.74) is 2.03. The highest BCUT2D eigenvalue weighted by Crippen LogP contribution is 2.49. The molecule has 9 nitrogen and oxygen atoms in total. The summed E-state index contributed by atoms with van der Waals surface area (Å²) < 4.78 is 34.7. The smallest absolute Gasteiger partial charge is 0.222 e. The quantitative estimate of drug-likeness (QED) is 0.502. The van der Waals surface area contributed by atoms with E-state index < -0.39 is 48.4 Å². The van der Waals surface area contributed by atoms with Crippen LogP contribution in [0.5, 0.6) is 5.75 Å². The van der Waals surface area contributed by atoms with Crippen LogP contribution in [0.15, 0.2) is 42.5 Å². The Morgan fingerprint density at radius 3 is 2.17 bits per heavy atom. The Morgan fingerprint density at radius 2 is 1.58 bits per heavy atom. The summed E-state index contributed by atoms with van der Waals surface area (Å²) in [6.07, 6.45) is -4.36. The molecule has 2 unspecified atom stereocenters. The molecule has 2 fully saturated rings. The number of aliphatic hydroxyl groups is 3. The van der Waals surface area contributed by atoms with Crippen LogP contribution in [0, 0.1) is 0 Å². The summed E-state index contributed by atoms with van der Waals surface area (Å²) >= 11 is 6.51. The van der Waals surface area contributed by atoms with Crippen LogP contribution in [0.25, 0.3) is 0 Å². The van der Waals surface area contributed by atoms with Gasteiger partial charge in [-0.2, -0.15) is 0 Å². The largest absolute Gasteiger partial charge is 0.497 e. The minimum Gasteiger partial charge on any atom is -0.497 e. The van der Waals surface area contributed by atoms with E-state index in [4.69, 9.17) is 40.0 Å². The number of hydrogen-bond donors (Lipinski definition) is 3. The summed E-state index contributed by atoms with van der Waals surface area (Å²) in [4.78, 5) is 0. The molecule has 2 saturated heterocycles. The molecule has 0 bridgehead atoms. The summed E-state index contributed by atoms with van der Waals surface area (Å²) in [7, 11) is 4.45. The van der Waals surface area contributed by atoms with Crippen LogP contribution in [0.1, 0.15) is 30.5 Å². The fourth-order valence-corrected chi connectivity index (χ4v) is 4.90. The van der Waals surface area contributed by atoms with Crippen molar-refractivity contribution in [1.82, 2.24) is 0 Å². The number of aliphatic hydroxyl groups excluding tert-OH is 2. The number of methoxy groups -OCH3 is 3. The lowest BCUT2D eigenvalue weighted by molar-refractivity contribution is -0.502. The zero-order chi connectivity index (χ0) is 26.3. The van der Waals surface area contributed by atoms with E-state index in [9.17, 15) is 15.3 Å². The van der Waals surface area contributed by atoms with Gasteiger partial charge in [0.2, 0.25) is 17.4 Å². The first kappa shape index (κ1) is 27.3. The highest BCUT2D eigenvalue weighted by Gasteiger charge is 2.66. The lowest BCUT2D eigenvalue weighted by Gasteiger charge is -2.58. The van der Waals surface area contributed by atoms with Crippen molar-refractivity contribution in [3.8, 4) is 5.75 Å². The highest BCUT2D eigenvalue weighted by molar-refractivity contribution is 6.31. The van der Waals surface area contributed by atoms with E-state index in [1.165, 1.54) is 14.2 Å². The fourth-order valence-electron chi connectivity index (χ4n) is 4.72. The van der Waals surface area contributed by atoms with Gasteiger partial charge in [-0.15, -0.1) is 0 Å². The Morgan fingerprint density at radius 1 is 0.944 bits per heavy atom. The zero-order valence-electron chi connectivity index (χ0n) is 20.9. The summed E-state index contributed by atoms with van der Waals surface area (Å²) in [6, 6.07) is 12.5. The Kier molecular flexibility index (Phi) is 7.70. The second-order valence-electron chi connectivity index (χ2n) is 9.28. The molecule has 3 N–H and O–H groups in total. The van der Waals surface area contributed by atoms with Crippen molar-refractivity contribution in [1.29, 1.82) is 0 Å². The number of hydrogen-bond acceptors (Lipinski definition) is 9. The average Bonchev–Trinajstić information content (AvgIpc) is 2.89. The maximum absolute atomic E-state index is 12.0. The van der Waals surface area contributed by atoms with Crippen LogP contribution in [-0.2, 0) is 35.9 Å². The highest BCUT2D eigenvalue weighted by atomic mass is 35.5. The molecule has 2 aromatic carbocycles. The molecule has 10 heteroatoms. The number of ether oxygens (including phenoxy) is 6. The van der Waals surface area contributed by atoms with E-state index in [0.29, 0.717) is 17.0 Å². The molecule has 2 aromatic rings. The molecule has 2 heterocycles. The third kappa shape index (κ3) is 4.53. The van der Waals surface area contributed by atoms with Crippen LogP contribution in [0.4, 0.5) is 0 Å². The van der Waals surface area contributed by atoms with Crippen LogP contribution in [-0.4, -0.2) is 79.2 Å². The van der Waals surface area contributed by atoms with Crippen LogP contribution in [0.2, 0.25) is 5.02 Å². The third-order valence-corrected chi connectivity index (χ3v) is 7.61. The van der Waals surface area contributed by atoms with Crippen LogP contribution in [0.3, 0.4) is 0 Å². The topological polar surface area (TPSA) is 116 Å². The van der Waals surface area contributed by atoms with Crippen molar-refractivity contribution in [3.05, 3.63) is 64.2 Å². The first-order valence-electron chi connectivity index (χ1n) is 11.6. The number of halogens is 1. The molecule has 0 spiro atoms. The first-order chi connectivity index (χ1) is 17.0. The second kappa shape index (κ2) is 10.2. The van der Waals surface area contributed by atoms with Gasteiger partial charge < -0.3 is 43.7 Å². The molecular formula is C26H33ClO9. The first-order valence-corrected chi connectivity index (χ1v) is 12.0. The molecule has 0 radical (unpaired) electrons. The molecule has 0 saturated carbocycles. The van der Waals surface area contributed by atoms with Gasteiger partial charge in [-0.05, 0) is 55.7 Å². The molecule has 0 aromatic heterocycles. The normalized spacial score (nSPS) is 36.4. The van der Waals surface area contributed by atoms with Gasteiger partial charge >= 0.3 is 0 Å². The molecule has 2 aliphatic heterocycles. The van der Waals surface area contributed by atoms with Gasteiger partial charge in [0.1, 0.15) is 30.2 Å². The van der Waals surface area contributed by atoms with Gasteiger partial charge in [-0.1, -0.05) is 29.8 Å². The average molecular weight is 525 g/mol. The van der Waals surface area contributed by atoms with Gasteiger partial charge in [0, 0.05) is 24.8 Å². The van der Waals surface area contributed by atoms with E-state index in [-0.39, 0.29) is 0 Å². The van der Waals surface area contributed by atoms with E-state index in [0.717, 1.165) is 16.9 Å². The SMILES string of the molecule is COc1ccc(Cc2cc([C@]3(O)O[C@H](CO)[C@@H](O)[C@@H]4OC(C)(OC)C(C)(OC)O[C@H]43)ccc2Cl)cc1. The Labute approximate surface area is 215 Å². The minimum absolute atomic E-state index is 0.318. The van der Waals surface area contributed by atoms with Gasteiger partial charge in [-0.3, -0.25) is 0 Å². The van der Waals surface area contributed by atoms with Crippen molar-refractivity contribution >= 4 is 11.6 Å². The summed E-state index contributed by atoms with van der Waals surface area (Å²) in [6.45, 7) is 2.65. The molecule has 7 atom stereocenters. The second-order valence-corrected chi connectivity index (χ2v) is 9.68. The van der Waals surface area contributed by atoms with Gasteiger partial charge in [-0.25, -0.2) is 0 Å². The standard InChI is InChI=1S/C26H33ClO9/c1-24(32-4)25(2,33-5)36-23-22(35-24)21(29)20(14-28)34-26(23,30)17-8-11-19(27)16(13-17)12-15-6-9-18(31-3)10-7-15/h6-11,13,20-23,28-30H,12,14H2,1-5H3/t20-,21-,22+,23-,24?,25?,26+/m1/s1. The van der Waals surface area contributed by atoms with Crippen LogP contribution < -0.4 is 4.74 Å². The molecule has 36 heavy (non-hydrogen) atoms. The predicted molar refractivity (Wildman–Crippen MR) is 130 cm³/mol. The van der Waals surface area contributed by atoms with Gasteiger partial charge in [0.05, 0.1) is 13.7 Å². The fraction of sp³-hybridized carbons (Fsp3) is 0.538. The minimum atomic E-state index is -2.12. The number of benzene rings is 2. The molecule has 0 amide bonds. The van der Waals surface area contributed by atoms with E-state index in [1.54, 1.807) is 39.2 Å². The summed E-state index contributed by atoms with van der Waals surface area (Å²) in [5, 5.41) is 33.3. The van der Waals surface area contributed by atoms with Gasteiger partial charge in [0.15, 0.2) is 0 Å². The van der Waals surface area contributed by atoms with E-state index in [1.807, 2.05) is 24.3 Å². The maximum atomic E-state index is 12.0. The zero-order valence-corrected chi connectivity index (χ0v) is 21.7. The van der Waals surface area contributed by atoms with Crippen molar-refractivity contribution in [3.63, 3.8) is 0 Å². The number of rotatable bonds is 7. The van der Waals surface area contributed by atoms with E-state index >= 15 is 0 Å². The predicted octanol–water partition coefficient (Wildman–Crippen LogP) is 2.35. The van der Waals surface area contributed by atoms with Crippen LogP contribution >= 0.6 is 11.6 Å². The summed E-state index contributed by atoms with van der Waals surface area (Å²) in [5.74, 6) is -4.28. The monoisotopic (exact) mass is 524 g/mol. The van der Waals surface area contributed by atoms with E-state index in [2.05, 4.69) is 0 Å². The van der Waals surface area contributed by atoms with Gasteiger partial charge in [0.25, 0.3) is 0 Å². The molecule has 2 aliphatic rings. The van der Waals surface area contributed by atoms with Crippen molar-refractivity contribution in [2.24, 2.45) is 0 Å². The molecular weight excluding hydrogens is 492 g/mol. The molecule has 4 rings (SSSR count). The Balaban J connectivity index is 1.74. The van der Waals surface area contributed by atoms with Crippen molar-refractivity contribution < 1.29 is 43.7 Å². The molecule has 198 valence electrons. The maximum Gasteiger partial charge on any atom is 0.222 e. The third-order valence-electron chi connectivity index (χ3n) is 7.24.